The van der Waals surface area contributed by atoms with Gasteiger partial charge in [0.25, 0.3) is 0 Å². The van der Waals surface area contributed by atoms with Crippen molar-refractivity contribution in [3.63, 3.8) is 0 Å². The van der Waals surface area contributed by atoms with Crippen molar-refractivity contribution >= 4 is 33.9 Å². The molecule has 2 N–H and O–H groups in total. The van der Waals surface area contributed by atoms with Gasteiger partial charge in [0.1, 0.15) is 6.07 Å². The van der Waals surface area contributed by atoms with Crippen molar-refractivity contribution in [3.8, 4) is 6.07 Å². The third kappa shape index (κ3) is 2.76. The lowest BCUT2D eigenvalue weighted by Crippen LogP contribution is -2.03. The summed E-state index contributed by atoms with van der Waals surface area (Å²) in [5.74, 6) is 0. The first-order valence-corrected chi connectivity index (χ1v) is 6.78. The van der Waals surface area contributed by atoms with Gasteiger partial charge >= 0.3 is 0 Å². The summed E-state index contributed by atoms with van der Waals surface area (Å²) in [7, 11) is 0. The van der Waals surface area contributed by atoms with Crippen molar-refractivity contribution in [2.24, 2.45) is 5.73 Å². The molecule has 19 heavy (non-hydrogen) atoms. The quantitative estimate of drug-likeness (QED) is 0.659. The molecule has 0 amide bonds. The van der Waals surface area contributed by atoms with Crippen molar-refractivity contribution < 1.29 is 0 Å². The summed E-state index contributed by atoms with van der Waals surface area (Å²) in [5, 5.41) is 9.36. The highest BCUT2D eigenvalue weighted by molar-refractivity contribution is 14.1. The van der Waals surface area contributed by atoms with Crippen LogP contribution in [0.4, 0.5) is 0 Å². The first kappa shape index (κ1) is 13.6. The molecule has 0 radical (unpaired) electrons. The van der Waals surface area contributed by atoms with Gasteiger partial charge in [-0.25, -0.2) is 0 Å². The third-order valence-electron chi connectivity index (χ3n) is 2.83. The van der Waals surface area contributed by atoms with E-state index in [0.29, 0.717) is 11.3 Å². The van der Waals surface area contributed by atoms with Crippen LogP contribution >= 0.6 is 22.6 Å². The van der Waals surface area contributed by atoms with E-state index < -0.39 is 0 Å². The Balaban J connectivity index is 2.63. The summed E-state index contributed by atoms with van der Waals surface area (Å²) < 4.78 is 1.07. The normalized spacial score (nSPS) is 11.6. The van der Waals surface area contributed by atoms with E-state index in [2.05, 4.69) is 33.6 Å². The van der Waals surface area contributed by atoms with Crippen LogP contribution in [0.15, 0.2) is 42.7 Å². The molecule has 2 rings (SSSR count). The maximum absolute atomic E-state index is 9.36. The van der Waals surface area contributed by atoms with Crippen molar-refractivity contribution in [2.45, 2.75) is 6.92 Å². The highest BCUT2D eigenvalue weighted by Gasteiger charge is 2.11. The summed E-state index contributed by atoms with van der Waals surface area (Å²) in [4.78, 5) is 3.95. The lowest BCUT2D eigenvalue weighted by molar-refractivity contribution is 1.31. The van der Waals surface area contributed by atoms with Gasteiger partial charge in [-0.05, 0) is 52.8 Å². The molecule has 0 saturated heterocycles. The number of benzene rings is 1. The number of rotatable bonds is 2. The second-order valence-electron chi connectivity index (χ2n) is 4.07. The number of nitriles is 1. The number of allylic oxidation sites excluding steroid dienone is 1. The predicted octanol–water partition coefficient (Wildman–Crippen LogP) is 3.35. The van der Waals surface area contributed by atoms with Gasteiger partial charge in [-0.2, -0.15) is 5.26 Å². The Bertz CT molecular complexity index is 670. The van der Waals surface area contributed by atoms with Gasteiger partial charge in [0, 0.05) is 21.5 Å². The number of aromatic nitrogens is 1. The summed E-state index contributed by atoms with van der Waals surface area (Å²) in [6.07, 6.45) is 3.31. The van der Waals surface area contributed by atoms with Crippen LogP contribution in [-0.2, 0) is 0 Å². The summed E-state index contributed by atoms with van der Waals surface area (Å²) in [6, 6.07) is 11.7. The molecule has 94 valence electrons. The fraction of sp³-hybridized carbons (Fsp3) is 0.0667. The number of pyridine rings is 1. The predicted molar refractivity (Wildman–Crippen MR) is 84.7 cm³/mol. The average molecular weight is 361 g/mol. The molecule has 0 aliphatic rings. The minimum absolute atomic E-state index is 0.478. The molecule has 0 aliphatic carbocycles. The Kier molecular flexibility index (Phi) is 4.17. The zero-order valence-corrected chi connectivity index (χ0v) is 12.5. The van der Waals surface area contributed by atoms with E-state index >= 15 is 0 Å². The number of nitrogens with zero attached hydrogens (tertiary/aromatic N) is 2. The lowest BCUT2D eigenvalue weighted by atomic mass is 10.0. The molecular weight excluding hydrogens is 349 g/mol. The first-order valence-electron chi connectivity index (χ1n) is 5.71. The van der Waals surface area contributed by atoms with Crippen LogP contribution in [0.5, 0.6) is 0 Å². The smallest absolute Gasteiger partial charge is 0.102 e. The van der Waals surface area contributed by atoms with E-state index in [0.717, 1.165) is 20.3 Å². The van der Waals surface area contributed by atoms with Crippen LogP contribution in [0.2, 0.25) is 0 Å². The van der Waals surface area contributed by atoms with Crippen molar-refractivity contribution in [2.75, 3.05) is 0 Å². The van der Waals surface area contributed by atoms with E-state index in [1.54, 1.807) is 24.5 Å². The van der Waals surface area contributed by atoms with Crippen LogP contribution in [0, 0.1) is 21.8 Å². The Labute approximate surface area is 125 Å². The zero-order chi connectivity index (χ0) is 13.8. The van der Waals surface area contributed by atoms with Crippen LogP contribution in [0.3, 0.4) is 0 Å². The lowest BCUT2D eigenvalue weighted by Gasteiger charge is -2.10. The van der Waals surface area contributed by atoms with Gasteiger partial charge in [-0.1, -0.05) is 18.2 Å². The second-order valence-corrected chi connectivity index (χ2v) is 5.15. The van der Waals surface area contributed by atoms with Crippen molar-refractivity contribution in [1.82, 2.24) is 4.98 Å². The van der Waals surface area contributed by atoms with Crippen molar-refractivity contribution in [3.05, 3.63) is 63.0 Å². The molecule has 0 saturated carbocycles. The van der Waals surface area contributed by atoms with Gasteiger partial charge < -0.3 is 5.73 Å². The summed E-state index contributed by atoms with van der Waals surface area (Å²) in [6.45, 7) is 2.02. The highest BCUT2D eigenvalue weighted by atomic mass is 127. The number of hydrogen-bond donors (Lipinski definition) is 1. The number of hydrogen-bond acceptors (Lipinski definition) is 3. The molecule has 0 bridgehead atoms. The van der Waals surface area contributed by atoms with Gasteiger partial charge in [0.2, 0.25) is 0 Å². The first-order chi connectivity index (χ1) is 9.15. The monoisotopic (exact) mass is 361 g/mol. The van der Waals surface area contributed by atoms with E-state index in [1.165, 1.54) is 0 Å². The number of nitrogens with two attached hydrogens (primary N) is 1. The van der Waals surface area contributed by atoms with Gasteiger partial charge in [-0.3, -0.25) is 4.98 Å². The van der Waals surface area contributed by atoms with E-state index in [4.69, 9.17) is 5.73 Å². The minimum Gasteiger partial charge on any atom is -0.397 e. The standard InChI is InChI=1S/C15H12IN3/c1-10-3-2-4-12(14(10)16)15(18)13(9-17)11-5-7-19-8-6-11/h2-8H,18H2,1H3/b15-13+. The molecule has 1 aromatic carbocycles. The van der Waals surface area contributed by atoms with Crippen LogP contribution in [0.1, 0.15) is 16.7 Å². The Hall–Kier alpha value is -1.87. The van der Waals surface area contributed by atoms with Gasteiger partial charge in [-0.15, -0.1) is 0 Å². The molecule has 0 aliphatic heterocycles. The third-order valence-corrected chi connectivity index (χ3v) is 4.26. The molecule has 0 unspecified atom stereocenters. The minimum atomic E-state index is 0.478. The largest absolute Gasteiger partial charge is 0.397 e. The molecular formula is C15H12IN3. The maximum atomic E-state index is 9.36. The van der Waals surface area contributed by atoms with E-state index in [-0.39, 0.29) is 0 Å². The number of halogens is 1. The van der Waals surface area contributed by atoms with Crippen LogP contribution in [-0.4, -0.2) is 4.98 Å². The highest BCUT2D eigenvalue weighted by Crippen LogP contribution is 2.26. The molecule has 3 nitrogen and oxygen atoms in total. The molecule has 2 aromatic rings. The second kappa shape index (κ2) is 5.85. The van der Waals surface area contributed by atoms with Crippen LogP contribution < -0.4 is 5.73 Å². The SMILES string of the molecule is Cc1cccc(/C(N)=C(/C#N)c2ccncc2)c1I. The molecule has 0 fully saturated rings. The van der Waals surface area contributed by atoms with Gasteiger partial charge in [0.15, 0.2) is 0 Å². The fourth-order valence-corrected chi connectivity index (χ4v) is 2.44. The molecule has 1 heterocycles. The summed E-state index contributed by atoms with van der Waals surface area (Å²) >= 11 is 2.25. The van der Waals surface area contributed by atoms with E-state index in [1.807, 2.05) is 25.1 Å². The molecule has 4 heteroatoms. The zero-order valence-electron chi connectivity index (χ0n) is 10.4. The molecule has 0 atom stereocenters. The van der Waals surface area contributed by atoms with Gasteiger partial charge in [0.05, 0.1) is 11.3 Å². The molecule has 1 aromatic heterocycles. The topological polar surface area (TPSA) is 62.7 Å². The van der Waals surface area contributed by atoms with E-state index in [9.17, 15) is 5.26 Å². The fourth-order valence-electron chi connectivity index (χ4n) is 1.79. The van der Waals surface area contributed by atoms with Crippen LogP contribution in [0.25, 0.3) is 11.3 Å². The Morgan fingerprint density at radius 2 is 1.95 bits per heavy atom. The maximum Gasteiger partial charge on any atom is 0.102 e. The van der Waals surface area contributed by atoms with Crippen molar-refractivity contribution in [1.29, 1.82) is 5.26 Å². The Morgan fingerprint density at radius 1 is 1.26 bits per heavy atom. The summed E-state index contributed by atoms with van der Waals surface area (Å²) in [5.41, 5.74) is 9.99. The number of aryl methyl sites for hydroxylation is 1. The Morgan fingerprint density at radius 3 is 2.58 bits per heavy atom. The molecule has 0 spiro atoms. The average Bonchev–Trinajstić information content (AvgIpc) is 2.44.